The number of rotatable bonds is 41. The van der Waals surface area contributed by atoms with Crippen LogP contribution in [0.2, 0.25) is 0 Å². The van der Waals surface area contributed by atoms with E-state index in [0.29, 0.717) is 25.7 Å². The van der Waals surface area contributed by atoms with E-state index in [-0.39, 0.29) is 32.6 Å². The molecule has 0 aliphatic heterocycles. The maximum Gasteiger partial charge on any atom is 0.306 e. The lowest BCUT2D eigenvalue weighted by Gasteiger charge is -2.25. The number of hydrogen-bond acceptors (Lipinski definition) is 11. The molecular weight excluding hydrogens is 697 g/mol. The Morgan fingerprint density at radius 3 is 1.36 bits per heavy atom. The van der Waals surface area contributed by atoms with Gasteiger partial charge in [0.25, 0.3) is 7.82 Å². The SMILES string of the molecule is CCCCCCCCCCCCCCCCCC(=O)OC[C@H](COP(=O)([O-])OCCN)OC(=O)CCCCCCCC(O)C(O)CCCCCCCC. The lowest BCUT2D eigenvalue weighted by Crippen LogP contribution is -2.30. The van der Waals surface area contributed by atoms with Crippen LogP contribution in [0.4, 0.5) is 0 Å². The van der Waals surface area contributed by atoms with E-state index in [4.69, 9.17) is 19.7 Å². The van der Waals surface area contributed by atoms with E-state index in [1.165, 1.54) is 96.3 Å². The number of carbonyl (C=O) groups excluding carboxylic acids is 2. The highest BCUT2D eigenvalue weighted by Crippen LogP contribution is 2.38. The summed E-state index contributed by atoms with van der Waals surface area (Å²) in [5.74, 6) is -0.959. The summed E-state index contributed by atoms with van der Waals surface area (Å²) >= 11 is 0. The second-order valence-corrected chi connectivity index (χ2v) is 16.3. The van der Waals surface area contributed by atoms with E-state index in [0.717, 1.165) is 57.8 Å². The van der Waals surface area contributed by atoms with Crippen molar-refractivity contribution < 1.29 is 47.8 Å². The Morgan fingerprint density at radius 1 is 0.566 bits per heavy atom. The van der Waals surface area contributed by atoms with Crippen molar-refractivity contribution in [3.05, 3.63) is 0 Å². The standard InChI is InChI=1S/C41H82NO10P/c1-3-5-7-9-11-12-13-14-15-16-17-18-19-23-27-31-40(45)49-35-37(36-51-53(47,48)50-34-33-42)52-41(46)32-28-24-20-22-26-30-39(44)38(43)29-25-21-10-8-6-4-2/h37-39,43-44H,3-36,42H2,1-2H3,(H,47,48)/p-1/t37-,38?,39?/m1/s1. The zero-order chi connectivity index (χ0) is 39.3. The molecule has 0 aliphatic rings. The first kappa shape index (κ1) is 51.9. The fourth-order valence-electron chi connectivity index (χ4n) is 6.31. The van der Waals surface area contributed by atoms with E-state index in [1.807, 2.05) is 0 Å². The first-order valence-corrected chi connectivity index (χ1v) is 23.1. The average Bonchev–Trinajstić information content (AvgIpc) is 3.14. The molecule has 316 valence electrons. The molecule has 4 atom stereocenters. The molecule has 3 unspecified atom stereocenters. The maximum atomic E-state index is 12.6. The number of aliphatic hydroxyl groups is 2. The average molecular weight is 779 g/mol. The molecule has 0 bridgehead atoms. The highest BCUT2D eigenvalue weighted by atomic mass is 31.2. The summed E-state index contributed by atoms with van der Waals surface area (Å²) in [6.45, 7) is 3.35. The summed E-state index contributed by atoms with van der Waals surface area (Å²) in [4.78, 5) is 37.0. The van der Waals surface area contributed by atoms with Crippen LogP contribution in [-0.4, -0.2) is 66.8 Å². The van der Waals surface area contributed by atoms with E-state index >= 15 is 0 Å². The molecular formula is C41H81NO10P-. The number of esters is 2. The van der Waals surface area contributed by atoms with Gasteiger partial charge in [-0.15, -0.1) is 0 Å². The van der Waals surface area contributed by atoms with Crippen molar-refractivity contribution in [1.29, 1.82) is 0 Å². The molecule has 53 heavy (non-hydrogen) atoms. The molecule has 0 radical (unpaired) electrons. The monoisotopic (exact) mass is 779 g/mol. The highest BCUT2D eigenvalue weighted by Gasteiger charge is 2.21. The molecule has 0 aliphatic carbocycles. The summed E-state index contributed by atoms with van der Waals surface area (Å²) in [6.07, 6.45) is 28.4. The number of hydrogen-bond donors (Lipinski definition) is 3. The summed E-state index contributed by atoms with van der Waals surface area (Å²) in [5.41, 5.74) is 5.31. The Bertz CT molecular complexity index is 880. The summed E-state index contributed by atoms with van der Waals surface area (Å²) in [7, 11) is -4.66. The Kier molecular flexibility index (Phi) is 37.1. The number of unbranched alkanes of at least 4 members (excludes halogenated alkanes) is 23. The van der Waals surface area contributed by atoms with Crippen molar-refractivity contribution in [2.24, 2.45) is 5.73 Å². The third-order valence-electron chi connectivity index (χ3n) is 9.68. The molecule has 0 fully saturated rings. The van der Waals surface area contributed by atoms with Gasteiger partial charge in [0, 0.05) is 19.4 Å². The quantitative estimate of drug-likeness (QED) is 0.0306. The van der Waals surface area contributed by atoms with Crippen LogP contribution in [0.1, 0.15) is 206 Å². The Morgan fingerprint density at radius 2 is 0.943 bits per heavy atom. The van der Waals surface area contributed by atoms with Crippen molar-refractivity contribution in [1.82, 2.24) is 0 Å². The third kappa shape index (κ3) is 36.3. The lowest BCUT2D eigenvalue weighted by atomic mass is 9.99. The summed E-state index contributed by atoms with van der Waals surface area (Å²) < 4.78 is 32.3. The predicted molar refractivity (Wildman–Crippen MR) is 211 cm³/mol. The molecule has 12 heteroatoms. The smallest absolute Gasteiger partial charge is 0.306 e. The number of phosphoric ester groups is 1. The first-order valence-electron chi connectivity index (χ1n) is 21.7. The predicted octanol–water partition coefficient (Wildman–Crippen LogP) is 9.37. The van der Waals surface area contributed by atoms with Gasteiger partial charge >= 0.3 is 11.9 Å². The van der Waals surface area contributed by atoms with Crippen molar-refractivity contribution in [3.63, 3.8) is 0 Å². The molecule has 0 spiro atoms. The molecule has 0 aromatic rings. The van der Waals surface area contributed by atoms with Crippen LogP contribution in [0.3, 0.4) is 0 Å². The molecule has 11 nitrogen and oxygen atoms in total. The van der Waals surface area contributed by atoms with Crippen LogP contribution in [-0.2, 0) is 32.7 Å². The number of phosphoric acid groups is 1. The number of aliphatic hydroxyl groups excluding tert-OH is 2. The largest absolute Gasteiger partial charge is 0.756 e. The van der Waals surface area contributed by atoms with Crippen molar-refractivity contribution in [2.75, 3.05) is 26.4 Å². The minimum atomic E-state index is -4.66. The second kappa shape index (κ2) is 37.8. The van der Waals surface area contributed by atoms with Gasteiger partial charge in [0.15, 0.2) is 6.10 Å². The van der Waals surface area contributed by atoms with E-state index < -0.39 is 44.7 Å². The molecule has 0 rings (SSSR count). The second-order valence-electron chi connectivity index (χ2n) is 14.9. The molecule has 0 amide bonds. The molecule has 0 saturated heterocycles. The van der Waals surface area contributed by atoms with Gasteiger partial charge in [-0.3, -0.25) is 14.2 Å². The van der Waals surface area contributed by atoms with Crippen LogP contribution in [0.25, 0.3) is 0 Å². The van der Waals surface area contributed by atoms with Crippen molar-refractivity contribution in [2.45, 2.75) is 225 Å². The van der Waals surface area contributed by atoms with Crippen molar-refractivity contribution >= 4 is 19.8 Å². The fourth-order valence-corrected chi connectivity index (χ4v) is 7.06. The molecule has 0 heterocycles. The normalized spacial score (nSPS) is 14.5. The van der Waals surface area contributed by atoms with Crippen LogP contribution in [0.15, 0.2) is 0 Å². The molecule has 4 N–H and O–H groups in total. The van der Waals surface area contributed by atoms with Gasteiger partial charge in [0.1, 0.15) is 6.61 Å². The van der Waals surface area contributed by atoms with Gasteiger partial charge in [0.2, 0.25) is 0 Å². The van der Waals surface area contributed by atoms with Gasteiger partial charge in [0.05, 0.1) is 25.4 Å². The molecule has 0 aromatic heterocycles. The van der Waals surface area contributed by atoms with Gasteiger partial charge in [-0.05, 0) is 25.7 Å². The van der Waals surface area contributed by atoms with Crippen molar-refractivity contribution in [3.8, 4) is 0 Å². The topological polar surface area (TPSA) is 178 Å². The minimum Gasteiger partial charge on any atom is -0.756 e. The number of nitrogens with two attached hydrogens (primary N) is 1. The van der Waals surface area contributed by atoms with Gasteiger partial charge < -0.3 is 39.4 Å². The van der Waals surface area contributed by atoms with Crippen LogP contribution >= 0.6 is 7.82 Å². The van der Waals surface area contributed by atoms with Gasteiger partial charge in [-0.25, -0.2) is 0 Å². The molecule has 0 aromatic carbocycles. The highest BCUT2D eigenvalue weighted by molar-refractivity contribution is 7.45. The Balaban J connectivity index is 4.24. The van der Waals surface area contributed by atoms with Crippen LogP contribution in [0.5, 0.6) is 0 Å². The van der Waals surface area contributed by atoms with E-state index in [9.17, 15) is 29.3 Å². The summed E-state index contributed by atoms with van der Waals surface area (Å²) in [5, 5.41) is 20.5. The lowest BCUT2D eigenvalue weighted by molar-refractivity contribution is -0.228. The minimum absolute atomic E-state index is 0.00723. The van der Waals surface area contributed by atoms with Gasteiger partial charge in [-0.1, -0.05) is 168 Å². The van der Waals surface area contributed by atoms with E-state index in [1.54, 1.807) is 0 Å². The third-order valence-corrected chi connectivity index (χ3v) is 10.6. The first-order chi connectivity index (χ1) is 25.6. The number of ether oxygens (including phenoxy) is 2. The van der Waals surface area contributed by atoms with E-state index in [2.05, 4.69) is 18.4 Å². The maximum absolute atomic E-state index is 12.6. The summed E-state index contributed by atoms with van der Waals surface area (Å²) in [6, 6.07) is 0. The zero-order valence-corrected chi connectivity index (χ0v) is 34.9. The zero-order valence-electron chi connectivity index (χ0n) is 34.0. The number of carbonyl (C=O) groups is 2. The van der Waals surface area contributed by atoms with Gasteiger partial charge in [-0.2, -0.15) is 0 Å². The fraction of sp³-hybridized carbons (Fsp3) is 0.951. The Labute approximate surface area is 323 Å². The van der Waals surface area contributed by atoms with Crippen LogP contribution < -0.4 is 10.6 Å². The molecule has 0 saturated carbocycles. The Hall–Kier alpha value is -1.07. The van der Waals surface area contributed by atoms with Crippen LogP contribution in [0, 0.1) is 0 Å².